The van der Waals surface area contributed by atoms with Crippen molar-refractivity contribution < 1.29 is 14.3 Å². The number of carbonyl (C=O) groups excluding carboxylic acids is 1. The molecule has 0 spiro atoms. The molecule has 0 aliphatic carbocycles. The van der Waals surface area contributed by atoms with Gasteiger partial charge in [0.2, 0.25) is 0 Å². The third kappa shape index (κ3) is 3.26. The minimum Gasteiger partial charge on any atom is -0.497 e. The smallest absolute Gasteiger partial charge is 0.174 e. The van der Waals surface area contributed by atoms with Gasteiger partial charge in [0.1, 0.15) is 11.5 Å². The highest BCUT2D eigenvalue weighted by Gasteiger charge is 2.28. The summed E-state index contributed by atoms with van der Waals surface area (Å²) in [5, 5.41) is 3.31. The van der Waals surface area contributed by atoms with Crippen LogP contribution in [0.2, 0.25) is 0 Å². The standard InChI is InChI=1S/C15H21NO3/c1-3-4-7-16-9-11-10-19-14-8-12(18-2)5-6-13(14)15(11)17/h5-6,8,11,16H,3-4,7,9-10H2,1-2H3/t11-/m0/s1. The number of methoxy groups -OCH3 is 1. The second-order valence-electron chi connectivity index (χ2n) is 4.79. The lowest BCUT2D eigenvalue weighted by atomic mass is 9.95. The van der Waals surface area contributed by atoms with E-state index in [1.54, 1.807) is 25.3 Å². The molecule has 1 aliphatic rings. The molecule has 1 aliphatic heterocycles. The quantitative estimate of drug-likeness (QED) is 0.800. The fourth-order valence-electron chi connectivity index (χ4n) is 2.17. The molecule has 1 N–H and O–H groups in total. The van der Waals surface area contributed by atoms with E-state index in [4.69, 9.17) is 9.47 Å². The van der Waals surface area contributed by atoms with Crippen LogP contribution < -0.4 is 14.8 Å². The SMILES string of the molecule is CCCCNC[C@H]1COc2cc(OC)ccc2C1=O. The minimum atomic E-state index is -0.0854. The lowest BCUT2D eigenvalue weighted by Gasteiger charge is -2.24. The van der Waals surface area contributed by atoms with E-state index in [1.807, 2.05) is 0 Å². The summed E-state index contributed by atoms with van der Waals surface area (Å²) >= 11 is 0. The lowest BCUT2D eigenvalue weighted by Crippen LogP contribution is -2.36. The average molecular weight is 263 g/mol. The van der Waals surface area contributed by atoms with Gasteiger partial charge < -0.3 is 14.8 Å². The van der Waals surface area contributed by atoms with Crippen LogP contribution in [0.5, 0.6) is 11.5 Å². The molecular weight excluding hydrogens is 242 g/mol. The van der Waals surface area contributed by atoms with Crippen LogP contribution in [0.25, 0.3) is 0 Å². The molecule has 0 bridgehead atoms. The first-order valence-electron chi connectivity index (χ1n) is 6.82. The van der Waals surface area contributed by atoms with E-state index in [0.717, 1.165) is 19.4 Å². The third-order valence-corrected chi connectivity index (χ3v) is 3.36. The van der Waals surface area contributed by atoms with E-state index in [9.17, 15) is 4.79 Å². The largest absolute Gasteiger partial charge is 0.497 e. The van der Waals surface area contributed by atoms with E-state index < -0.39 is 0 Å². The highest BCUT2D eigenvalue weighted by molar-refractivity contribution is 6.01. The van der Waals surface area contributed by atoms with Gasteiger partial charge >= 0.3 is 0 Å². The first kappa shape index (κ1) is 13.9. The van der Waals surface area contributed by atoms with Gasteiger partial charge in [-0.05, 0) is 25.1 Å². The summed E-state index contributed by atoms with van der Waals surface area (Å²) in [6.45, 7) is 4.23. The molecule has 0 saturated carbocycles. The fourth-order valence-corrected chi connectivity index (χ4v) is 2.17. The van der Waals surface area contributed by atoms with Crippen molar-refractivity contribution >= 4 is 5.78 Å². The zero-order chi connectivity index (χ0) is 13.7. The Labute approximate surface area is 114 Å². The number of carbonyl (C=O) groups is 1. The van der Waals surface area contributed by atoms with Gasteiger partial charge in [0, 0.05) is 12.6 Å². The molecule has 0 aromatic heterocycles. The van der Waals surface area contributed by atoms with Crippen molar-refractivity contribution in [2.24, 2.45) is 5.92 Å². The van der Waals surface area contributed by atoms with Gasteiger partial charge in [-0.2, -0.15) is 0 Å². The molecule has 0 saturated heterocycles. The molecule has 0 radical (unpaired) electrons. The van der Waals surface area contributed by atoms with E-state index in [0.29, 0.717) is 30.2 Å². The third-order valence-electron chi connectivity index (χ3n) is 3.36. The van der Waals surface area contributed by atoms with Gasteiger partial charge in [-0.25, -0.2) is 0 Å². The van der Waals surface area contributed by atoms with Crippen LogP contribution in [0.4, 0.5) is 0 Å². The number of hydrogen-bond acceptors (Lipinski definition) is 4. The summed E-state index contributed by atoms with van der Waals surface area (Å²) in [7, 11) is 1.60. The molecule has 1 aromatic carbocycles. The van der Waals surface area contributed by atoms with E-state index in [2.05, 4.69) is 12.2 Å². The number of ether oxygens (including phenoxy) is 2. The number of nitrogens with one attached hydrogen (secondary N) is 1. The Bertz CT molecular complexity index is 445. The first-order chi connectivity index (χ1) is 9.26. The zero-order valence-electron chi connectivity index (χ0n) is 11.6. The van der Waals surface area contributed by atoms with Crippen LogP contribution in [-0.2, 0) is 0 Å². The Morgan fingerprint density at radius 2 is 2.32 bits per heavy atom. The Morgan fingerprint density at radius 3 is 3.05 bits per heavy atom. The maximum Gasteiger partial charge on any atom is 0.174 e. The summed E-state index contributed by atoms with van der Waals surface area (Å²) in [5.74, 6) is 1.42. The summed E-state index contributed by atoms with van der Waals surface area (Å²) in [6, 6.07) is 5.36. The number of ketones is 1. The van der Waals surface area contributed by atoms with E-state index >= 15 is 0 Å². The molecule has 4 nitrogen and oxygen atoms in total. The molecule has 104 valence electrons. The molecule has 0 fully saturated rings. The predicted octanol–water partition coefficient (Wildman–Crippen LogP) is 2.28. The number of Topliss-reactive ketones (excluding diaryl/α,β-unsaturated/α-hetero) is 1. The van der Waals surface area contributed by atoms with Gasteiger partial charge in [-0.1, -0.05) is 13.3 Å². The highest BCUT2D eigenvalue weighted by atomic mass is 16.5. The maximum atomic E-state index is 12.3. The number of benzene rings is 1. The lowest BCUT2D eigenvalue weighted by molar-refractivity contribution is 0.0829. The molecule has 1 atom stereocenters. The molecule has 0 unspecified atom stereocenters. The maximum absolute atomic E-state index is 12.3. The number of hydrogen-bond donors (Lipinski definition) is 1. The van der Waals surface area contributed by atoms with Gasteiger partial charge in [0.25, 0.3) is 0 Å². The van der Waals surface area contributed by atoms with Crippen molar-refractivity contribution in [3.05, 3.63) is 23.8 Å². The van der Waals surface area contributed by atoms with Gasteiger partial charge in [-0.3, -0.25) is 4.79 Å². The van der Waals surface area contributed by atoms with Crippen molar-refractivity contribution in [1.82, 2.24) is 5.32 Å². The Morgan fingerprint density at radius 1 is 1.47 bits per heavy atom. The molecular formula is C15H21NO3. The molecule has 2 rings (SSSR count). The monoisotopic (exact) mass is 263 g/mol. The summed E-state index contributed by atoms with van der Waals surface area (Å²) in [4.78, 5) is 12.3. The van der Waals surface area contributed by atoms with E-state index in [1.165, 1.54) is 0 Å². The average Bonchev–Trinajstić information content (AvgIpc) is 2.45. The van der Waals surface area contributed by atoms with E-state index in [-0.39, 0.29) is 11.7 Å². The summed E-state index contributed by atoms with van der Waals surface area (Å²) in [5.41, 5.74) is 0.661. The number of rotatable bonds is 6. The van der Waals surface area contributed by atoms with Crippen molar-refractivity contribution in [2.75, 3.05) is 26.8 Å². The molecule has 0 amide bonds. The predicted molar refractivity (Wildman–Crippen MR) is 74.1 cm³/mol. The normalized spacial score (nSPS) is 17.8. The number of fused-ring (bicyclic) bond motifs is 1. The number of unbranched alkanes of at least 4 members (excludes halogenated alkanes) is 1. The van der Waals surface area contributed by atoms with Crippen molar-refractivity contribution in [3.8, 4) is 11.5 Å². The Hall–Kier alpha value is -1.55. The van der Waals surface area contributed by atoms with Crippen molar-refractivity contribution in [3.63, 3.8) is 0 Å². The second-order valence-corrected chi connectivity index (χ2v) is 4.79. The van der Waals surface area contributed by atoms with Crippen LogP contribution in [0.15, 0.2) is 18.2 Å². The van der Waals surface area contributed by atoms with Crippen LogP contribution in [-0.4, -0.2) is 32.6 Å². The molecule has 19 heavy (non-hydrogen) atoms. The van der Waals surface area contributed by atoms with Crippen LogP contribution in [0.1, 0.15) is 30.1 Å². The molecule has 1 aromatic rings. The van der Waals surface area contributed by atoms with Gasteiger partial charge in [-0.15, -0.1) is 0 Å². The van der Waals surface area contributed by atoms with Crippen molar-refractivity contribution in [2.45, 2.75) is 19.8 Å². The van der Waals surface area contributed by atoms with Crippen LogP contribution in [0.3, 0.4) is 0 Å². The second kappa shape index (κ2) is 6.57. The Kier molecular flexibility index (Phi) is 4.80. The van der Waals surface area contributed by atoms with Gasteiger partial charge in [0.15, 0.2) is 5.78 Å². The topological polar surface area (TPSA) is 47.6 Å². The summed E-state index contributed by atoms with van der Waals surface area (Å²) in [6.07, 6.45) is 2.29. The zero-order valence-corrected chi connectivity index (χ0v) is 11.6. The van der Waals surface area contributed by atoms with Gasteiger partial charge in [0.05, 0.1) is 25.2 Å². The Balaban J connectivity index is 1.99. The van der Waals surface area contributed by atoms with Crippen molar-refractivity contribution in [1.29, 1.82) is 0 Å². The van der Waals surface area contributed by atoms with Crippen LogP contribution in [0, 0.1) is 5.92 Å². The molecule has 1 heterocycles. The molecule has 4 heteroatoms. The first-order valence-corrected chi connectivity index (χ1v) is 6.82. The minimum absolute atomic E-state index is 0.0854. The van der Waals surface area contributed by atoms with Crippen LogP contribution >= 0.6 is 0 Å². The highest BCUT2D eigenvalue weighted by Crippen LogP contribution is 2.30. The summed E-state index contributed by atoms with van der Waals surface area (Å²) < 4.78 is 10.8. The fraction of sp³-hybridized carbons (Fsp3) is 0.533.